The van der Waals surface area contributed by atoms with E-state index in [9.17, 15) is 4.79 Å². The van der Waals surface area contributed by atoms with E-state index in [1.54, 1.807) is 16.7 Å². The van der Waals surface area contributed by atoms with E-state index in [1.807, 2.05) is 35.7 Å². The van der Waals surface area contributed by atoms with Crippen LogP contribution in [-0.2, 0) is 6.54 Å². The van der Waals surface area contributed by atoms with Crippen LogP contribution in [0.15, 0.2) is 53.2 Å². The van der Waals surface area contributed by atoms with Crippen LogP contribution in [0, 0.1) is 0 Å². The van der Waals surface area contributed by atoms with Crippen molar-refractivity contribution >= 4 is 39.5 Å². The molecule has 0 aliphatic heterocycles. The van der Waals surface area contributed by atoms with Crippen LogP contribution in [0.2, 0.25) is 0 Å². The zero-order valence-corrected chi connectivity index (χ0v) is 13.7. The highest BCUT2D eigenvalue weighted by atomic mass is 32.1. The Hall–Kier alpha value is -2.44. The van der Waals surface area contributed by atoms with E-state index in [-0.39, 0.29) is 5.91 Å². The SMILES string of the molecule is O=C(NCc1cccs1)c1csc(-c2cc3ccccc3[nH]2)n1. The summed E-state index contributed by atoms with van der Waals surface area (Å²) in [5.41, 5.74) is 2.47. The Kier molecular flexibility index (Phi) is 3.69. The average Bonchev–Trinajstić information content (AvgIpc) is 3.31. The van der Waals surface area contributed by atoms with E-state index in [1.165, 1.54) is 11.3 Å². The Bertz CT molecular complexity index is 920. The Balaban J connectivity index is 1.52. The molecule has 0 spiro atoms. The molecule has 4 aromatic rings. The molecule has 1 aromatic carbocycles. The molecule has 23 heavy (non-hydrogen) atoms. The van der Waals surface area contributed by atoms with Crippen molar-refractivity contribution < 1.29 is 4.79 Å². The van der Waals surface area contributed by atoms with Crippen LogP contribution in [0.25, 0.3) is 21.6 Å². The topological polar surface area (TPSA) is 57.8 Å². The van der Waals surface area contributed by atoms with Gasteiger partial charge in [0.25, 0.3) is 5.91 Å². The smallest absolute Gasteiger partial charge is 0.271 e. The molecule has 0 atom stereocenters. The highest BCUT2D eigenvalue weighted by molar-refractivity contribution is 7.13. The lowest BCUT2D eigenvalue weighted by Gasteiger charge is -2.00. The molecule has 0 aliphatic carbocycles. The first kappa shape index (κ1) is 14.2. The van der Waals surface area contributed by atoms with Gasteiger partial charge in [-0.25, -0.2) is 4.98 Å². The fraction of sp³-hybridized carbons (Fsp3) is 0.0588. The van der Waals surface area contributed by atoms with Crippen LogP contribution in [-0.4, -0.2) is 15.9 Å². The number of benzene rings is 1. The number of carbonyl (C=O) groups excluding carboxylic acids is 1. The number of hydrogen-bond acceptors (Lipinski definition) is 4. The van der Waals surface area contributed by atoms with Gasteiger partial charge in [-0.2, -0.15) is 0 Å². The monoisotopic (exact) mass is 339 g/mol. The van der Waals surface area contributed by atoms with Crippen LogP contribution in [0.4, 0.5) is 0 Å². The number of fused-ring (bicyclic) bond motifs is 1. The first-order chi connectivity index (χ1) is 11.3. The van der Waals surface area contributed by atoms with Gasteiger partial charge in [-0.15, -0.1) is 22.7 Å². The lowest BCUT2D eigenvalue weighted by molar-refractivity contribution is 0.0947. The predicted molar refractivity (Wildman–Crippen MR) is 94.9 cm³/mol. The molecule has 0 saturated heterocycles. The summed E-state index contributed by atoms with van der Waals surface area (Å²) in [6.45, 7) is 0.537. The summed E-state index contributed by atoms with van der Waals surface area (Å²) < 4.78 is 0. The molecular weight excluding hydrogens is 326 g/mol. The van der Waals surface area contributed by atoms with E-state index in [2.05, 4.69) is 27.4 Å². The zero-order valence-electron chi connectivity index (χ0n) is 12.1. The molecule has 2 N–H and O–H groups in total. The molecule has 4 nitrogen and oxygen atoms in total. The second-order valence-electron chi connectivity index (χ2n) is 5.07. The van der Waals surface area contributed by atoms with Crippen molar-refractivity contribution in [2.45, 2.75) is 6.54 Å². The van der Waals surface area contributed by atoms with Gasteiger partial charge in [-0.05, 0) is 23.6 Å². The minimum absolute atomic E-state index is 0.142. The Morgan fingerprint density at radius 2 is 2.09 bits per heavy atom. The number of para-hydroxylation sites is 1. The number of thiophene rings is 1. The van der Waals surface area contributed by atoms with Gasteiger partial charge in [0.15, 0.2) is 0 Å². The largest absolute Gasteiger partial charge is 0.353 e. The molecule has 6 heteroatoms. The van der Waals surface area contributed by atoms with Crippen molar-refractivity contribution in [2.24, 2.45) is 0 Å². The van der Waals surface area contributed by atoms with Gasteiger partial charge in [0, 0.05) is 21.2 Å². The standard InChI is InChI=1S/C17H13N3OS2/c21-16(18-9-12-5-3-7-22-12)15-10-23-17(20-15)14-8-11-4-1-2-6-13(11)19-14/h1-8,10,19H,9H2,(H,18,21). The third-order valence-electron chi connectivity index (χ3n) is 3.50. The molecule has 0 radical (unpaired) electrons. The number of rotatable bonds is 4. The fourth-order valence-corrected chi connectivity index (χ4v) is 3.78. The normalized spacial score (nSPS) is 11.0. The number of hydrogen-bond donors (Lipinski definition) is 2. The lowest BCUT2D eigenvalue weighted by atomic mass is 10.2. The van der Waals surface area contributed by atoms with Crippen molar-refractivity contribution in [2.75, 3.05) is 0 Å². The van der Waals surface area contributed by atoms with Gasteiger partial charge in [0.05, 0.1) is 12.2 Å². The summed E-state index contributed by atoms with van der Waals surface area (Å²) in [6.07, 6.45) is 0. The minimum atomic E-state index is -0.142. The number of aromatic amines is 1. The summed E-state index contributed by atoms with van der Waals surface area (Å²) in [4.78, 5) is 21.1. The van der Waals surface area contributed by atoms with Crippen molar-refractivity contribution in [1.82, 2.24) is 15.3 Å². The minimum Gasteiger partial charge on any atom is -0.353 e. The Morgan fingerprint density at radius 3 is 2.91 bits per heavy atom. The lowest BCUT2D eigenvalue weighted by Crippen LogP contribution is -2.22. The molecule has 3 heterocycles. The maximum absolute atomic E-state index is 12.2. The van der Waals surface area contributed by atoms with Crippen molar-refractivity contribution in [1.29, 1.82) is 0 Å². The number of H-pyrrole nitrogens is 1. The van der Waals surface area contributed by atoms with E-state index >= 15 is 0 Å². The quantitative estimate of drug-likeness (QED) is 0.583. The van der Waals surface area contributed by atoms with E-state index < -0.39 is 0 Å². The van der Waals surface area contributed by atoms with Gasteiger partial charge in [-0.3, -0.25) is 4.79 Å². The molecule has 3 aromatic heterocycles. The van der Waals surface area contributed by atoms with E-state index in [0.29, 0.717) is 12.2 Å². The van der Waals surface area contributed by atoms with Gasteiger partial charge >= 0.3 is 0 Å². The molecule has 0 fully saturated rings. The molecule has 0 saturated carbocycles. The third-order valence-corrected chi connectivity index (χ3v) is 5.25. The van der Waals surface area contributed by atoms with Crippen LogP contribution in [0.3, 0.4) is 0 Å². The predicted octanol–water partition coefficient (Wildman–Crippen LogP) is 4.28. The highest BCUT2D eigenvalue weighted by Crippen LogP contribution is 2.26. The molecule has 4 rings (SSSR count). The maximum atomic E-state index is 12.2. The highest BCUT2D eigenvalue weighted by Gasteiger charge is 2.13. The van der Waals surface area contributed by atoms with Gasteiger partial charge < -0.3 is 10.3 Å². The summed E-state index contributed by atoms with van der Waals surface area (Å²) in [6, 6.07) is 14.1. The van der Waals surface area contributed by atoms with Crippen LogP contribution in [0.5, 0.6) is 0 Å². The van der Waals surface area contributed by atoms with Gasteiger partial charge in [-0.1, -0.05) is 24.3 Å². The summed E-state index contributed by atoms with van der Waals surface area (Å²) in [5.74, 6) is -0.142. The molecule has 1 amide bonds. The van der Waals surface area contributed by atoms with E-state index in [4.69, 9.17) is 0 Å². The summed E-state index contributed by atoms with van der Waals surface area (Å²) in [5, 5.41) is 8.65. The number of thiazole rings is 1. The number of nitrogens with zero attached hydrogens (tertiary/aromatic N) is 1. The van der Waals surface area contributed by atoms with Crippen LogP contribution >= 0.6 is 22.7 Å². The zero-order chi connectivity index (χ0) is 15.6. The molecule has 0 bridgehead atoms. The van der Waals surface area contributed by atoms with Gasteiger partial charge in [0.1, 0.15) is 10.7 Å². The van der Waals surface area contributed by atoms with Crippen molar-refractivity contribution in [3.05, 3.63) is 63.8 Å². The van der Waals surface area contributed by atoms with Crippen LogP contribution < -0.4 is 5.32 Å². The number of aromatic nitrogens is 2. The van der Waals surface area contributed by atoms with Crippen molar-refractivity contribution in [3.8, 4) is 10.7 Å². The summed E-state index contributed by atoms with van der Waals surface area (Å²) >= 11 is 3.10. The second-order valence-corrected chi connectivity index (χ2v) is 6.96. The first-order valence-electron chi connectivity index (χ1n) is 7.14. The average molecular weight is 339 g/mol. The molecular formula is C17H13N3OS2. The number of nitrogens with one attached hydrogen (secondary N) is 2. The third kappa shape index (κ3) is 2.91. The fourth-order valence-electron chi connectivity index (χ4n) is 2.36. The first-order valence-corrected chi connectivity index (χ1v) is 8.90. The Labute approximate surface area is 140 Å². The van der Waals surface area contributed by atoms with Gasteiger partial charge in [0.2, 0.25) is 0 Å². The van der Waals surface area contributed by atoms with E-state index in [0.717, 1.165) is 26.5 Å². The van der Waals surface area contributed by atoms with Crippen molar-refractivity contribution in [3.63, 3.8) is 0 Å². The molecule has 0 unspecified atom stereocenters. The Morgan fingerprint density at radius 1 is 1.17 bits per heavy atom. The summed E-state index contributed by atoms with van der Waals surface area (Å²) in [7, 11) is 0. The number of amides is 1. The molecule has 0 aliphatic rings. The molecule has 114 valence electrons. The second kappa shape index (κ2) is 5.98. The maximum Gasteiger partial charge on any atom is 0.271 e. The number of carbonyl (C=O) groups is 1. The van der Waals surface area contributed by atoms with Crippen LogP contribution in [0.1, 0.15) is 15.4 Å².